The smallest absolute Gasteiger partial charge is 0.255 e. The van der Waals surface area contributed by atoms with Gasteiger partial charge in [-0.1, -0.05) is 12.1 Å². The summed E-state index contributed by atoms with van der Waals surface area (Å²) in [5.41, 5.74) is 4.75. The SMILES string of the molecule is Cc1n[nH]c(C)c1-c1ccc(=O)n(-c2cccc(CF)c2)c1. The van der Waals surface area contributed by atoms with Gasteiger partial charge in [-0.05, 0) is 37.6 Å². The highest BCUT2D eigenvalue weighted by Crippen LogP contribution is 2.24. The first-order valence-electron chi connectivity index (χ1n) is 7.00. The Kier molecular flexibility index (Phi) is 3.63. The number of rotatable bonds is 3. The molecule has 0 saturated carbocycles. The van der Waals surface area contributed by atoms with Gasteiger partial charge in [0.1, 0.15) is 6.67 Å². The van der Waals surface area contributed by atoms with Crippen molar-refractivity contribution in [1.29, 1.82) is 0 Å². The third kappa shape index (κ3) is 2.45. The monoisotopic (exact) mass is 297 g/mol. The van der Waals surface area contributed by atoms with Crippen LogP contribution in [0.25, 0.3) is 16.8 Å². The van der Waals surface area contributed by atoms with Crippen LogP contribution in [-0.4, -0.2) is 14.8 Å². The lowest BCUT2D eigenvalue weighted by Gasteiger charge is -2.09. The zero-order chi connectivity index (χ0) is 15.7. The van der Waals surface area contributed by atoms with E-state index in [0.29, 0.717) is 11.3 Å². The quantitative estimate of drug-likeness (QED) is 0.806. The number of hydrogen-bond donors (Lipinski definition) is 1. The fourth-order valence-electron chi connectivity index (χ4n) is 2.60. The van der Waals surface area contributed by atoms with Crippen molar-refractivity contribution in [3.63, 3.8) is 0 Å². The molecule has 4 nitrogen and oxygen atoms in total. The standard InChI is InChI=1S/C17H16FN3O/c1-11-17(12(2)20-19-11)14-6-7-16(22)21(10-14)15-5-3-4-13(8-15)9-18/h3-8,10H,9H2,1-2H3,(H,19,20). The van der Waals surface area contributed by atoms with Gasteiger partial charge >= 0.3 is 0 Å². The molecule has 0 amide bonds. The Labute approximate surface area is 127 Å². The molecule has 2 aromatic heterocycles. The van der Waals surface area contributed by atoms with Crippen molar-refractivity contribution in [2.45, 2.75) is 20.5 Å². The molecular weight excluding hydrogens is 281 g/mol. The van der Waals surface area contributed by atoms with Crippen LogP contribution in [0, 0.1) is 13.8 Å². The molecule has 0 spiro atoms. The van der Waals surface area contributed by atoms with Crippen molar-refractivity contribution in [3.8, 4) is 16.8 Å². The van der Waals surface area contributed by atoms with E-state index >= 15 is 0 Å². The van der Waals surface area contributed by atoms with E-state index in [0.717, 1.165) is 22.5 Å². The maximum atomic E-state index is 12.8. The van der Waals surface area contributed by atoms with Gasteiger partial charge in [-0.15, -0.1) is 0 Å². The van der Waals surface area contributed by atoms with Gasteiger partial charge in [0.15, 0.2) is 0 Å². The number of H-pyrrole nitrogens is 1. The van der Waals surface area contributed by atoms with Crippen molar-refractivity contribution in [1.82, 2.24) is 14.8 Å². The summed E-state index contributed by atoms with van der Waals surface area (Å²) in [6.07, 6.45) is 1.77. The Balaban J connectivity index is 2.17. The highest BCUT2D eigenvalue weighted by atomic mass is 19.1. The van der Waals surface area contributed by atoms with Crippen LogP contribution >= 0.6 is 0 Å². The highest BCUT2D eigenvalue weighted by molar-refractivity contribution is 5.67. The molecule has 5 heteroatoms. The van der Waals surface area contributed by atoms with E-state index in [9.17, 15) is 9.18 Å². The molecular formula is C17H16FN3O. The lowest BCUT2D eigenvalue weighted by atomic mass is 10.1. The Morgan fingerprint density at radius 1 is 1.23 bits per heavy atom. The number of aryl methyl sites for hydroxylation is 2. The first-order valence-corrected chi connectivity index (χ1v) is 7.00. The molecule has 3 rings (SSSR count). The van der Waals surface area contributed by atoms with E-state index in [4.69, 9.17) is 0 Å². The van der Waals surface area contributed by atoms with Crippen LogP contribution in [0.1, 0.15) is 17.0 Å². The zero-order valence-electron chi connectivity index (χ0n) is 12.4. The molecule has 0 unspecified atom stereocenters. The second-order valence-corrected chi connectivity index (χ2v) is 5.24. The first-order chi connectivity index (χ1) is 10.6. The van der Waals surface area contributed by atoms with Crippen LogP contribution in [0.5, 0.6) is 0 Å². The maximum Gasteiger partial charge on any atom is 0.255 e. The minimum absolute atomic E-state index is 0.154. The topological polar surface area (TPSA) is 50.7 Å². The number of halogens is 1. The number of nitrogens with zero attached hydrogens (tertiary/aromatic N) is 2. The van der Waals surface area contributed by atoms with Crippen LogP contribution in [-0.2, 0) is 6.67 Å². The van der Waals surface area contributed by atoms with Crippen molar-refractivity contribution >= 4 is 0 Å². The molecule has 22 heavy (non-hydrogen) atoms. The summed E-state index contributed by atoms with van der Waals surface area (Å²) in [4.78, 5) is 12.2. The molecule has 0 atom stereocenters. The summed E-state index contributed by atoms with van der Waals surface area (Å²) in [5, 5.41) is 7.12. The average molecular weight is 297 g/mol. The molecule has 112 valence electrons. The van der Waals surface area contributed by atoms with Gasteiger partial charge in [-0.2, -0.15) is 5.10 Å². The number of pyridine rings is 1. The van der Waals surface area contributed by atoms with E-state index in [1.54, 1.807) is 36.5 Å². The van der Waals surface area contributed by atoms with Gasteiger partial charge in [-0.25, -0.2) is 4.39 Å². The van der Waals surface area contributed by atoms with Crippen LogP contribution < -0.4 is 5.56 Å². The summed E-state index contributed by atoms with van der Waals surface area (Å²) in [6.45, 7) is 3.30. The summed E-state index contributed by atoms with van der Waals surface area (Å²) < 4.78 is 14.4. The molecule has 0 aliphatic carbocycles. The zero-order valence-corrected chi connectivity index (χ0v) is 12.4. The summed E-state index contributed by atoms with van der Waals surface area (Å²) in [6, 6.07) is 10.2. The molecule has 1 N–H and O–H groups in total. The Bertz CT molecular complexity index is 860. The van der Waals surface area contributed by atoms with Crippen molar-refractivity contribution < 1.29 is 4.39 Å². The minimum Gasteiger partial charge on any atom is -0.284 e. The Morgan fingerprint density at radius 2 is 2.05 bits per heavy atom. The van der Waals surface area contributed by atoms with Gasteiger partial charge in [0.2, 0.25) is 0 Å². The van der Waals surface area contributed by atoms with Gasteiger partial charge in [0, 0.05) is 34.8 Å². The van der Waals surface area contributed by atoms with Crippen LogP contribution in [0.15, 0.2) is 47.4 Å². The van der Waals surface area contributed by atoms with Crippen LogP contribution in [0.3, 0.4) is 0 Å². The molecule has 1 aromatic carbocycles. The summed E-state index contributed by atoms with van der Waals surface area (Å²) in [5.74, 6) is 0. The van der Waals surface area contributed by atoms with Gasteiger partial charge in [0.25, 0.3) is 5.56 Å². The first kappa shape index (κ1) is 14.3. The summed E-state index contributed by atoms with van der Waals surface area (Å²) >= 11 is 0. The maximum absolute atomic E-state index is 12.8. The molecule has 0 aliphatic heterocycles. The lowest BCUT2D eigenvalue weighted by Crippen LogP contribution is -2.16. The highest BCUT2D eigenvalue weighted by Gasteiger charge is 2.11. The number of benzene rings is 1. The molecule has 0 saturated heterocycles. The number of hydrogen-bond acceptors (Lipinski definition) is 2. The summed E-state index contributed by atoms with van der Waals surface area (Å²) in [7, 11) is 0. The lowest BCUT2D eigenvalue weighted by molar-refractivity contribution is 0.485. The fraction of sp³-hybridized carbons (Fsp3) is 0.176. The third-order valence-corrected chi connectivity index (χ3v) is 3.67. The molecule has 0 fully saturated rings. The van der Waals surface area contributed by atoms with E-state index < -0.39 is 6.67 Å². The van der Waals surface area contributed by atoms with Gasteiger partial charge in [-0.3, -0.25) is 14.5 Å². The number of nitrogens with one attached hydrogen (secondary N) is 1. The van der Waals surface area contributed by atoms with Gasteiger partial charge < -0.3 is 0 Å². The normalized spacial score (nSPS) is 10.9. The second-order valence-electron chi connectivity index (χ2n) is 5.24. The van der Waals surface area contributed by atoms with Crippen molar-refractivity contribution in [2.24, 2.45) is 0 Å². The van der Waals surface area contributed by atoms with E-state index in [1.165, 1.54) is 10.6 Å². The number of aromatic nitrogens is 3. The van der Waals surface area contributed by atoms with Crippen molar-refractivity contribution in [3.05, 3.63) is 69.9 Å². The van der Waals surface area contributed by atoms with Gasteiger partial charge in [0.05, 0.1) is 5.69 Å². The predicted octanol–water partition coefficient (Wildman–Crippen LogP) is 3.31. The van der Waals surface area contributed by atoms with E-state index in [2.05, 4.69) is 10.2 Å². The fourth-order valence-corrected chi connectivity index (χ4v) is 2.60. The predicted molar refractivity (Wildman–Crippen MR) is 83.9 cm³/mol. The van der Waals surface area contributed by atoms with Crippen LogP contribution in [0.4, 0.5) is 4.39 Å². The van der Waals surface area contributed by atoms with Crippen molar-refractivity contribution in [2.75, 3.05) is 0 Å². The molecule has 3 aromatic rings. The van der Waals surface area contributed by atoms with Crippen LogP contribution in [0.2, 0.25) is 0 Å². The molecule has 0 bridgehead atoms. The second kappa shape index (κ2) is 5.60. The van der Waals surface area contributed by atoms with E-state index in [-0.39, 0.29) is 5.56 Å². The number of alkyl halides is 1. The average Bonchev–Trinajstić information content (AvgIpc) is 2.87. The largest absolute Gasteiger partial charge is 0.284 e. The molecule has 0 radical (unpaired) electrons. The third-order valence-electron chi connectivity index (χ3n) is 3.67. The Hall–Kier alpha value is -2.69. The van der Waals surface area contributed by atoms with E-state index in [1.807, 2.05) is 13.8 Å². The number of aromatic amines is 1. The Morgan fingerprint density at radius 3 is 2.73 bits per heavy atom. The molecule has 2 heterocycles. The minimum atomic E-state index is -0.553. The molecule has 0 aliphatic rings.